The smallest absolute Gasteiger partial charge is 0.193 e. The molecule has 0 amide bonds. The van der Waals surface area contributed by atoms with Crippen LogP contribution in [0.3, 0.4) is 0 Å². The van der Waals surface area contributed by atoms with Crippen molar-refractivity contribution in [1.29, 1.82) is 0 Å². The van der Waals surface area contributed by atoms with Gasteiger partial charge in [0.05, 0.1) is 19.8 Å². The summed E-state index contributed by atoms with van der Waals surface area (Å²) in [5.74, 6) is 1.03. The third-order valence-electron chi connectivity index (χ3n) is 4.03. The van der Waals surface area contributed by atoms with Crippen molar-refractivity contribution in [3.8, 4) is 0 Å². The summed E-state index contributed by atoms with van der Waals surface area (Å²) in [5.41, 5.74) is 0. The standard InChI is InChI=1S/C16H34N4O/c1-6-8-9-19(5)16(17-7-2)18-12-14(3)20-10-11-21-13-15(20)4/h14-15H,6-13H2,1-5H3,(H,17,18). The molecule has 1 heterocycles. The van der Waals surface area contributed by atoms with Crippen LogP contribution in [0.5, 0.6) is 0 Å². The van der Waals surface area contributed by atoms with Gasteiger partial charge in [-0.15, -0.1) is 0 Å². The van der Waals surface area contributed by atoms with Crippen LogP contribution in [-0.2, 0) is 4.74 Å². The Balaban J connectivity index is 2.55. The molecule has 1 N–H and O–H groups in total. The normalized spacial score (nSPS) is 22.1. The number of hydrogen-bond acceptors (Lipinski definition) is 3. The maximum atomic E-state index is 5.51. The van der Waals surface area contributed by atoms with Crippen molar-refractivity contribution < 1.29 is 4.74 Å². The minimum absolute atomic E-state index is 0.456. The van der Waals surface area contributed by atoms with E-state index in [0.717, 1.165) is 45.4 Å². The average molecular weight is 298 g/mol. The second-order valence-electron chi connectivity index (χ2n) is 5.98. The Morgan fingerprint density at radius 3 is 2.86 bits per heavy atom. The Bertz CT molecular complexity index is 309. The van der Waals surface area contributed by atoms with Crippen LogP contribution in [0.4, 0.5) is 0 Å². The molecule has 2 unspecified atom stereocenters. The molecule has 0 bridgehead atoms. The molecular formula is C16H34N4O. The highest BCUT2D eigenvalue weighted by Crippen LogP contribution is 2.11. The third kappa shape index (κ3) is 6.22. The highest BCUT2D eigenvalue weighted by Gasteiger charge is 2.23. The van der Waals surface area contributed by atoms with Gasteiger partial charge in [0.2, 0.25) is 0 Å². The number of nitrogens with zero attached hydrogens (tertiary/aromatic N) is 3. The average Bonchev–Trinajstić information content (AvgIpc) is 2.49. The molecule has 0 aromatic carbocycles. The first-order chi connectivity index (χ1) is 10.1. The summed E-state index contributed by atoms with van der Waals surface area (Å²) in [6, 6.07) is 0.946. The van der Waals surface area contributed by atoms with Crippen LogP contribution in [0.15, 0.2) is 4.99 Å². The van der Waals surface area contributed by atoms with Crippen molar-refractivity contribution in [2.24, 2.45) is 4.99 Å². The van der Waals surface area contributed by atoms with Gasteiger partial charge in [0.25, 0.3) is 0 Å². The molecule has 1 aliphatic heterocycles. The minimum atomic E-state index is 0.456. The lowest BCUT2D eigenvalue weighted by Crippen LogP contribution is -2.49. The van der Waals surface area contributed by atoms with Gasteiger partial charge >= 0.3 is 0 Å². The molecule has 5 nitrogen and oxygen atoms in total. The summed E-state index contributed by atoms with van der Waals surface area (Å²) in [5, 5.41) is 3.39. The zero-order chi connectivity index (χ0) is 15.7. The van der Waals surface area contributed by atoms with Gasteiger partial charge in [0, 0.05) is 38.8 Å². The lowest BCUT2D eigenvalue weighted by atomic mass is 10.2. The van der Waals surface area contributed by atoms with Gasteiger partial charge in [0.15, 0.2) is 5.96 Å². The van der Waals surface area contributed by atoms with Gasteiger partial charge in [0.1, 0.15) is 0 Å². The summed E-state index contributed by atoms with van der Waals surface area (Å²) in [7, 11) is 2.12. The van der Waals surface area contributed by atoms with Gasteiger partial charge in [-0.2, -0.15) is 0 Å². The second-order valence-corrected chi connectivity index (χ2v) is 5.98. The SMILES string of the molecule is CCCCN(C)C(=NCC(C)N1CCOCC1C)NCC. The zero-order valence-electron chi connectivity index (χ0n) is 14.6. The summed E-state index contributed by atoms with van der Waals surface area (Å²) >= 11 is 0. The van der Waals surface area contributed by atoms with E-state index >= 15 is 0 Å². The number of ether oxygens (including phenoxy) is 1. The van der Waals surface area contributed by atoms with Crippen LogP contribution >= 0.6 is 0 Å². The van der Waals surface area contributed by atoms with Crippen LogP contribution in [0.25, 0.3) is 0 Å². The van der Waals surface area contributed by atoms with Gasteiger partial charge in [-0.25, -0.2) is 0 Å². The fourth-order valence-electron chi connectivity index (χ4n) is 2.69. The summed E-state index contributed by atoms with van der Waals surface area (Å²) in [6.45, 7) is 14.3. The Morgan fingerprint density at radius 2 is 2.24 bits per heavy atom. The molecule has 1 saturated heterocycles. The summed E-state index contributed by atoms with van der Waals surface area (Å²) in [6.07, 6.45) is 2.42. The largest absolute Gasteiger partial charge is 0.379 e. The fraction of sp³-hybridized carbons (Fsp3) is 0.938. The first-order valence-electron chi connectivity index (χ1n) is 8.43. The molecule has 0 aliphatic carbocycles. The molecule has 2 atom stereocenters. The summed E-state index contributed by atoms with van der Waals surface area (Å²) in [4.78, 5) is 9.57. The van der Waals surface area contributed by atoms with E-state index in [9.17, 15) is 0 Å². The maximum Gasteiger partial charge on any atom is 0.193 e. The molecule has 0 saturated carbocycles. The van der Waals surface area contributed by atoms with E-state index in [0.29, 0.717) is 12.1 Å². The Morgan fingerprint density at radius 1 is 1.48 bits per heavy atom. The Hall–Kier alpha value is -0.810. The second kappa shape index (κ2) is 10.0. The molecule has 1 aliphatic rings. The van der Waals surface area contributed by atoms with E-state index in [2.05, 4.69) is 49.9 Å². The predicted molar refractivity (Wildman–Crippen MR) is 90.0 cm³/mol. The first kappa shape index (κ1) is 18.2. The molecule has 124 valence electrons. The number of guanidine groups is 1. The number of rotatable bonds is 7. The minimum Gasteiger partial charge on any atom is -0.379 e. The zero-order valence-corrected chi connectivity index (χ0v) is 14.6. The predicted octanol–water partition coefficient (Wildman–Crippen LogP) is 1.79. The van der Waals surface area contributed by atoms with E-state index in [4.69, 9.17) is 9.73 Å². The van der Waals surface area contributed by atoms with E-state index in [1.165, 1.54) is 12.8 Å². The van der Waals surface area contributed by atoms with Crippen molar-refractivity contribution in [2.75, 3.05) is 46.4 Å². The quantitative estimate of drug-likeness (QED) is 0.575. The van der Waals surface area contributed by atoms with Crippen LogP contribution in [-0.4, -0.2) is 74.3 Å². The maximum absolute atomic E-state index is 5.51. The van der Waals surface area contributed by atoms with E-state index in [1.807, 2.05) is 0 Å². The lowest BCUT2D eigenvalue weighted by Gasteiger charge is -2.37. The number of nitrogens with one attached hydrogen (secondary N) is 1. The monoisotopic (exact) mass is 298 g/mol. The topological polar surface area (TPSA) is 40.1 Å². The van der Waals surface area contributed by atoms with Crippen LogP contribution in [0.1, 0.15) is 40.5 Å². The fourth-order valence-corrected chi connectivity index (χ4v) is 2.69. The number of unbranched alkanes of at least 4 members (excludes halogenated alkanes) is 1. The van der Waals surface area contributed by atoms with E-state index < -0.39 is 0 Å². The van der Waals surface area contributed by atoms with Crippen molar-refractivity contribution >= 4 is 5.96 Å². The van der Waals surface area contributed by atoms with Gasteiger partial charge in [-0.3, -0.25) is 9.89 Å². The third-order valence-corrected chi connectivity index (χ3v) is 4.03. The highest BCUT2D eigenvalue weighted by atomic mass is 16.5. The molecule has 0 aromatic rings. The Labute approximate surface area is 130 Å². The van der Waals surface area contributed by atoms with Crippen molar-refractivity contribution in [3.05, 3.63) is 0 Å². The molecule has 5 heteroatoms. The Kier molecular flexibility index (Phi) is 8.69. The number of morpholine rings is 1. The van der Waals surface area contributed by atoms with Gasteiger partial charge in [-0.1, -0.05) is 13.3 Å². The van der Waals surface area contributed by atoms with Crippen molar-refractivity contribution in [2.45, 2.75) is 52.6 Å². The van der Waals surface area contributed by atoms with E-state index in [1.54, 1.807) is 0 Å². The van der Waals surface area contributed by atoms with Crippen LogP contribution in [0, 0.1) is 0 Å². The molecule has 0 radical (unpaired) electrons. The van der Waals surface area contributed by atoms with Gasteiger partial charge in [-0.05, 0) is 27.2 Å². The summed E-state index contributed by atoms with van der Waals surface area (Å²) < 4.78 is 5.51. The first-order valence-corrected chi connectivity index (χ1v) is 8.43. The number of aliphatic imine (C=N–C) groups is 1. The van der Waals surface area contributed by atoms with Crippen molar-refractivity contribution in [1.82, 2.24) is 15.1 Å². The molecule has 0 spiro atoms. The van der Waals surface area contributed by atoms with Crippen LogP contribution < -0.4 is 5.32 Å². The molecule has 1 rings (SSSR count). The van der Waals surface area contributed by atoms with Crippen molar-refractivity contribution in [3.63, 3.8) is 0 Å². The van der Waals surface area contributed by atoms with E-state index in [-0.39, 0.29) is 0 Å². The highest BCUT2D eigenvalue weighted by molar-refractivity contribution is 5.79. The molecular weight excluding hydrogens is 264 g/mol. The molecule has 0 aromatic heterocycles. The van der Waals surface area contributed by atoms with Crippen LogP contribution in [0.2, 0.25) is 0 Å². The van der Waals surface area contributed by atoms with Gasteiger partial charge < -0.3 is 15.0 Å². The number of hydrogen-bond donors (Lipinski definition) is 1. The molecule has 1 fully saturated rings. The molecule has 21 heavy (non-hydrogen) atoms. The lowest BCUT2D eigenvalue weighted by molar-refractivity contribution is -0.0166.